The molecule has 0 spiro atoms. The summed E-state index contributed by atoms with van der Waals surface area (Å²) in [6.07, 6.45) is 3.07. The molecule has 0 fully saturated rings. The molecule has 8 heteroatoms. The van der Waals surface area contributed by atoms with Crippen LogP contribution in [0.2, 0.25) is 5.02 Å². The van der Waals surface area contributed by atoms with E-state index in [0.717, 1.165) is 0 Å². The maximum Gasteiger partial charge on any atom is 0.292 e. The smallest absolute Gasteiger partial charge is 0.292 e. The number of amides is 1. The van der Waals surface area contributed by atoms with E-state index in [2.05, 4.69) is 10.4 Å². The van der Waals surface area contributed by atoms with Crippen LogP contribution in [0.15, 0.2) is 58.1 Å². The largest absolute Gasteiger partial charge is 0.467 e. The second-order valence-corrected chi connectivity index (χ2v) is 6.14. The molecule has 3 rings (SSSR count). The first-order chi connectivity index (χ1) is 12.5. The highest BCUT2D eigenvalue weighted by molar-refractivity contribution is 6.33. The molecule has 0 aliphatic heterocycles. The van der Waals surface area contributed by atoms with Crippen LogP contribution >= 0.6 is 11.6 Å². The topological polar surface area (TPSA) is 80.4 Å². The number of nitrogens with zero attached hydrogens (tertiary/aromatic N) is 3. The quantitative estimate of drug-likeness (QED) is 0.744. The molecule has 2 heterocycles. The minimum absolute atomic E-state index is 0.0882. The van der Waals surface area contributed by atoms with Gasteiger partial charge < -0.3 is 14.6 Å². The summed E-state index contributed by atoms with van der Waals surface area (Å²) in [6.45, 7) is 0.302. The molecular weight excluding hydrogens is 356 g/mol. The van der Waals surface area contributed by atoms with Crippen molar-refractivity contribution in [1.29, 1.82) is 0 Å². The Morgan fingerprint density at radius 2 is 2.00 bits per heavy atom. The van der Waals surface area contributed by atoms with Gasteiger partial charge in [-0.1, -0.05) is 11.6 Å². The molecule has 0 unspecified atom stereocenters. The Labute approximate surface area is 154 Å². The number of carbonyl (C=O) groups is 1. The Morgan fingerprint density at radius 3 is 2.62 bits per heavy atom. The molecule has 0 bridgehead atoms. The molecule has 134 valence electrons. The van der Waals surface area contributed by atoms with E-state index in [1.807, 2.05) is 0 Å². The average Bonchev–Trinajstić information content (AvgIpc) is 3.15. The van der Waals surface area contributed by atoms with Gasteiger partial charge in [0.05, 0.1) is 30.4 Å². The van der Waals surface area contributed by atoms with Crippen molar-refractivity contribution >= 4 is 23.2 Å². The first-order valence-electron chi connectivity index (χ1n) is 7.83. The fourth-order valence-electron chi connectivity index (χ4n) is 2.36. The first-order valence-corrected chi connectivity index (χ1v) is 8.21. The SMILES string of the molecule is CN(C)c1cnn(-c2ccc(C(=O)NCc3ccco3)cc2)c(=O)c1Cl. The van der Waals surface area contributed by atoms with Crippen LogP contribution in [0.3, 0.4) is 0 Å². The van der Waals surface area contributed by atoms with Gasteiger partial charge in [0, 0.05) is 19.7 Å². The summed E-state index contributed by atoms with van der Waals surface area (Å²) >= 11 is 6.13. The Bertz CT molecular complexity index is 963. The molecule has 2 aromatic heterocycles. The van der Waals surface area contributed by atoms with E-state index in [1.54, 1.807) is 61.7 Å². The van der Waals surface area contributed by atoms with Gasteiger partial charge in [-0.3, -0.25) is 9.59 Å². The van der Waals surface area contributed by atoms with Crippen LogP contribution in [0, 0.1) is 0 Å². The van der Waals surface area contributed by atoms with Crippen molar-refractivity contribution in [2.75, 3.05) is 19.0 Å². The number of nitrogens with one attached hydrogen (secondary N) is 1. The van der Waals surface area contributed by atoms with Crippen LogP contribution in [-0.2, 0) is 6.54 Å². The zero-order valence-corrected chi connectivity index (χ0v) is 15.0. The maximum atomic E-state index is 12.4. The van der Waals surface area contributed by atoms with E-state index in [1.165, 1.54) is 10.9 Å². The minimum Gasteiger partial charge on any atom is -0.467 e. The standard InChI is InChI=1S/C18H17ClN4O3/c1-22(2)15-11-21-23(18(25)16(15)19)13-7-5-12(6-8-13)17(24)20-10-14-4-3-9-26-14/h3-9,11H,10H2,1-2H3,(H,20,24). The van der Waals surface area contributed by atoms with Gasteiger partial charge in [0.2, 0.25) is 0 Å². The van der Waals surface area contributed by atoms with Crippen LogP contribution < -0.4 is 15.8 Å². The van der Waals surface area contributed by atoms with Gasteiger partial charge in [-0.15, -0.1) is 0 Å². The van der Waals surface area contributed by atoms with Crippen molar-refractivity contribution in [2.45, 2.75) is 6.54 Å². The summed E-state index contributed by atoms with van der Waals surface area (Å²) in [7, 11) is 3.56. The van der Waals surface area contributed by atoms with E-state index in [-0.39, 0.29) is 10.9 Å². The second-order valence-electron chi connectivity index (χ2n) is 5.76. The van der Waals surface area contributed by atoms with E-state index >= 15 is 0 Å². The molecule has 3 aromatic rings. The van der Waals surface area contributed by atoms with Gasteiger partial charge in [0.25, 0.3) is 11.5 Å². The summed E-state index contributed by atoms with van der Waals surface area (Å²) in [5, 5.41) is 6.99. The van der Waals surface area contributed by atoms with Crippen LogP contribution in [-0.4, -0.2) is 29.8 Å². The molecule has 0 saturated carbocycles. The molecule has 0 aliphatic rings. The zero-order chi connectivity index (χ0) is 18.7. The molecule has 26 heavy (non-hydrogen) atoms. The first kappa shape index (κ1) is 17.8. The normalized spacial score (nSPS) is 10.6. The van der Waals surface area contributed by atoms with E-state index < -0.39 is 5.56 Å². The number of rotatable bonds is 5. The van der Waals surface area contributed by atoms with Gasteiger partial charge >= 0.3 is 0 Å². The van der Waals surface area contributed by atoms with Crippen molar-refractivity contribution in [2.24, 2.45) is 0 Å². The number of halogens is 1. The number of benzene rings is 1. The van der Waals surface area contributed by atoms with E-state index in [4.69, 9.17) is 16.0 Å². The molecule has 0 aliphatic carbocycles. The monoisotopic (exact) mass is 372 g/mol. The number of carbonyl (C=O) groups excluding carboxylic acids is 1. The maximum absolute atomic E-state index is 12.4. The molecule has 1 aromatic carbocycles. The number of hydrogen-bond donors (Lipinski definition) is 1. The molecule has 0 saturated heterocycles. The van der Waals surface area contributed by atoms with Crippen LogP contribution in [0.4, 0.5) is 5.69 Å². The third-order valence-corrected chi connectivity index (χ3v) is 4.11. The highest BCUT2D eigenvalue weighted by atomic mass is 35.5. The lowest BCUT2D eigenvalue weighted by atomic mass is 10.2. The Morgan fingerprint density at radius 1 is 1.27 bits per heavy atom. The molecular formula is C18H17ClN4O3. The molecule has 1 amide bonds. The average molecular weight is 373 g/mol. The lowest BCUT2D eigenvalue weighted by Crippen LogP contribution is -2.25. The molecule has 0 radical (unpaired) electrons. The fraction of sp³-hybridized carbons (Fsp3) is 0.167. The predicted octanol–water partition coefficient (Wildman–Crippen LogP) is 2.47. The van der Waals surface area contributed by atoms with Crippen molar-refractivity contribution in [1.82, 2.24) is 15.1 Å². The molecule has 1 N–H and O–H groups in total. The highest BCUT2D eigenvalue weighted by Crippen LogP contribution is 2.19. The third kappa shape index (κ3) is 3.62. The number of anilines is 1. The van der Waals surface area contributed by atoms with Gasteiger partial charge in [-0.05, 0) is 36.4 Å². The second kappa shape index (κ2) is 7.45. The predicted molar refractivity (Wildman–Crippen MR) is 99.0 cm³/mol. The summed E-state index contributed by atoms with van der Waals surface area (Å²) in [5.74, 6) is 0.426. The summed E-state index contributed by atoms with van der Waals surface area (Å²) in [4.78, 5) is 26.3. The Hall–Kier alpha value is -3.06. The van der Waals surface area contributed by atoms with Gasteiger partial charge in [0.1, 0.15) is 10.8 Å². The Balaban J connectivity index is 1.78. The van der Waals surface area contributed by atoms with Gasteiger partial charge in [-0.2, -0.15) is 9.78 Å². The summed E-state index contributed by atoms with van der Waals surface area (Å²) in [6, 6.07) is 10.1. The lowest BCUT2D eigenvalue weighted by molar-refractivity contribution is 0.0948. The number of aromatic nitrogens is 2. The zero-order valence-electron chi connectivity index (χ0n) is 14.3. The number of furan rings is 1. The van der Waals surface area contributed by atoms with Crippen molar-refractivity contribution in [3.05, 3.63) is 75.6 Å². The Kier molecular flexibility index (Phi) is 5.09. The summed E-state index contributed by atoms with van der Waals surface area (Å²) < 4.78 is 6.36. The highest BCUT2D eigenvalue weighted by Gasteiger charge is 2.13. The van der Waals surface area contributed by atoms with Crippen molar-refractivity contribution in [3.8, 4) is 5.69 Å². The van der Waals surface area contributed by atoms with Crippen molar-refractivity contribution in [3.63, 3.8) is 0 Å². The fourth-order valence-corrected chi connectivity index (χ4v) is 2.65. The van der Waals surface area contributed by atoms with E-state index in [0.29, 0.717) is 29.2 Å². The summed E-state index contributed by atoms with van der Waals surface area (Å²) in [5.41, 5.74) is 1.10. The van der Waals surface area contributed by atoms with Crippen LogP contribution in [0.25, 0.3) is 5.69 Å². The van der Waals surface area contributed by atoms with Crippen LogP contribution in [0.5, 0.6) is 0 Å². The van der Waals surface area contributed by atoms with Crippen molar-refractivity contribution < 1.29 is 9.21 Å². The molecule has 7 nitrogen and oxygen atoms in total. The number of hydrogen-bond acceptors (Lipinski definition) is 5. The third-order valence-electron chi connectivity index (χ3n) is 3.76. The van der Waals surface area contributed by atoms with E-state index in [9.17, 15) is 9.59 Å². The van der Waals surface area contributed by atoms with Gasteiger partial charge in [0.15, 0.2) is 0 Å². The lowest BCUT2D eigenvalue weighted by Gasteiger charge is -2.14. The van der Waals surface area contributed by atoms with Gasteiger partial charge in [-0.25, -0.2) is 0 Å². The minimum atomic E-state index is -0.423. The molecule has 0 atom stereocenters. The van der Waals surface area contributed by atoms with Crippen LogP contribution in [0.1, 0.15) is 16.1 Å².